The Morgan fingerprint density at radius 3 is 2.42 bits per heavy atom. The van der Waals surface area contributed by atoms with Crippen LogP contribution in [-0.2, 0) is 16.6 Å². The zero-order valence-corrected chi connectivity index (χ0v) is 20.0. The van der Waals surface area contributed by atoms with Gasteiger partial charge in [0.05, 0.1) is 12.9 Å². The third kappa shape index (κ3) is 6.48. The first-order chi connectivity index (χ1) is 15.8. The average molecular weight is 470 g/mol. The number of nitrogens with one attached hydrogen (secondary N) is 2. The van der Waals surface area contributed by atoms with Crippen LogP contribution in [0.1, 0.15) is 31.3 Å². The lowest BCUT2D eigenvalue weighted by molar-refractivity contribution is -0.114. The Bertz CT molecular complexity index is 1130. The van der Waals surface area contributed by atoms with Crippen LogP contribution in [0.4, 0.5) is 11.4 Å². The number of rotatable bonds is 9. The number of thioether (sulfide) groups is 1. The molecule has 0 bridgehead atoms. The van der Waals surface area contributed by atoms with Crippen LogP contribution in [-0.4, -0.2) is 39.4 Å². The van der Waals surface area contributed by atoms with Gasteiger partial charge >= 0.3 is 0 Å². The van der Waals surface area contributed by atoms with Gasteiger partial charge in [-0.15, -0.1) is 10.2 Å². The lowest BCUT2D eigenvalue weighted by Gasteiger charge is -2.14. The summed E-state index contributed by atoms with van der Waals surface area (Å²) in [6.45, 7) is 5.21. The van der Waals surface area contributed by atoms with Crippen LogP contribution in [0.2, 0.25) is 0 Å². The molecule has 0 aliphatic carbocycles. The maximum Gasteiger partial charge on any atom is 0.234 e. The molecule has 2 amide bonds. The summed E-state index contributed by atoms with van der Waals surface area (Å²) >= 11 is 1.29. The topological polar surface area (TPSA) is 107 Å². The molecule has 0 spiro atoms. The van der Waals surface area contributed by atoms with E-state index in [9.17, 15) is 9.59 Å². The molecule has 0 saturated heterocycles. The number of ether oxygens (including phenoxy) is 2. The van der Waals surface area contributed by atoms with E-state index < -0.39 is 0 Å². The first kappa shape index (κ1) is 24.1. The molecule has 1 aromatic heterocycles. The molecule has 0 fully saturated rings. The summed E-state index contributed by atoms with van der Waals surface area (Å²) < 4.78 is 12.9. The highest BCUT2D eigenvalue weighted by molar-refractivity contribution is 7.99. The number of aromatic nitrogens is 3. The van der Waals surface area contributed by atoms with E-state index >= 15 is 0 Å². The predicted octanol–water partition coefficient (Wildman–Crippen LogP) is 3.96. The number of carbonyl (C=O) groups is 2. The largest absolute Gasteiger partial charge is 0.497 e. The molecule has 0 aliphatic rings. The fourth-order valence-corrected chi connectivity index (χ4v) is 3.83. The molecule has 9 nitrogen and oxygen atoms in total. The van der Waals surface area contributed by atoms with Gasteiger partial charge in [-0.25, -0.2) is 0 Å². The van der Waals surface area contributed by atoms with Gasteiger partial charge in [0, 0.05) is 25.3 Å². The van der Waals surface area contributed by atoms with Crippen LogP contribution < -0.4 is 20.1 Å². The second-order valence-electron chi connectivity index (χ2n) is 7.38. The quantitative estimate of drug-likeness (QED) is 0.457. The Morgan fingerprint density at radius 1 is 1.09 bits per heavy atom. The zero-order chi connectivity index (χ0) is 24.0. The van der Waals surface area contributed by atoms with Crippen molar-refractivity contribution in [1.82, 2.24) is 14.8 Å². The number of aryl methyl sites for hydroxylation is 1. The molecule has 0 aliphatic heterocycles. The highest BCUT2D eigenvalue weighted by atomic mass is 32.2. The Labute approximate surface area is 196 Å². The van der Waals surface area contributed by atoms with Gasteiger partial charge in [-0.1, -0.05) is 11.8 Å². The van der Waals surface area contributed by atoms with Crippen LogP contribution in [0.15, 0.2) is 47.6 Å². The van der Waals surface area contributed by atoms with Crippen molar-refractivity contribution in [2.24, 2.45) is 7.05 Å². The van der Waals surface area contributed by atoms with Gasteiger partial charge in [0.25, 0.3) is 0 Å². The average Bonchev–Trinajstić information content (AvgIpc) is 3.15. The number of anilines is 2. The maximum atomic E-state index is 12.4. The minimum Gasteiger partial charge on any atom is -0.497 e. The van der Waals surface area contributed by atoms with Crippen molar-refractivity contribution in [3.63, 3.8) is 0 Å². The van der Waals surface area contributed by atoms with Crippen LogP contribution in [0.5, 0.6) is 11.5 Å². The second kappa shape index (κ2) is 10.9. The van der Waals surface area contributed by atoms with E-state index in [4.69, 9.17) is 9.47 Å². The SMILES string of the molecule is COc1ccc(OC(C)c2nnc(SCC(=O)Nc3ccc(NC(C)=O)c(C)c3)n2C)cc1. The Morgan fingerprint density at radius 2 is 1.79 bits per heavy atom. The minimum absolute atomic E-state index is 0.141. The zero-order valence-electron chi connectivity index (χ0n) is 19.2. The summed E-state index contributed by atoms with van der Waals surface area (Å²) in [6.07, 6.45) is -0.329. The number of hydrogen-bond donors (Lipinski definition) is 2. The van der Waals surface area contributed by atoms with Crippen molar-refractivity contribution in [3.8, 4) is 11.5 Å². The summed E-state index contributed by atoms with van der Waals surface area (Å²) in [7, 11) is 3.45. The molecule has 1 unspecified atom stereocenters. The highest BCUT2D eigenvalue weighted by Gasteiger charge is 2.18. The molecule has 1 heterocycles. The predicted molar refractivity (Wildman–Crippen MR) is 128 cm³/mol. The van der Waals surface area contributed by atoms with Gasteiger partial charge in [0.15, 0.2) is 17.1 Å². The monoisotopic (exact) mass is 469 g/mol. The molecule has 2 aromatic carbocycles. The standard InChI is InChI=1S/C23H27N5O4S/c1-14-12-17(6-11-20(14)24-16(3)29)25-21(30)13-33-23-27-26-22(28(23)4)15(2)32-19-9-7-18(31-5)8-10-19/h6-12,15H,13H2,1-5H3,(H,24,29)(H,25,30). The lowest BCUT2D eigenvalue weighted by Crippen LogP contribution is -2.15. The summed E-state index contributed by atoms with van der Waals surface area (Å²) in [4.78, 5) is 23.6. The molecule has 0 radical (unpaired) electrons. The molecule has 33 heavy (non-hydrogen) atoms. The van der Waals surface area contributed by atoms with Gasteiger partial charge in [0.2, 0.25) is 11.8 Å². The molecule has 0 saturated carbocycles. The second-order valence-corrected chi connectivity index (χ2v) is 8.33. The lowest BCUT2D eigenvalue weighted by atomic mass is 10.1. The molecule has 2 N–H and O–H groups in total. The van der Waals surface area contributed by atoms with E-state index in [1.54, 1.807) is 19.2 Å². The van der Waals surface area contributed by atoms with E-state index in [0.29, 0.717) is 28.1 Å². The number of hydrogen-bond acceptors (Lipinski definition) is 7. The van der Waals surface area contributed by atoms with E-state index in [1.807, 2.05) is 55.8 Å². The van der Waals surface area contributed by atoms with Gasteiger partial charge in [0.1, 0.15) is 11.5 Å². The number of nitrogens with zero attached hydrogens (tertiary/aromatic N) is 3. The smallest absolute Gasteiger partial charge is 0.234 e. The fourth-order valence-electron chi connectivity index (χ4n) is 3.12. The normalized spacial score (nSPS) is 11.5. The summed E-state index contributed by atoms with van der Waals surface area (Å²) in [6, 6.07) is 12.6. The first-order valence-corrected chi connectivity index (χ1v) is 11.3. The third-order valence-corrected chi connectivity index (χ3v) is 5.78. The number of methoxy groups -OCH3 is 1. The van der Waals surface area contributed by atoms with E-state index in [-0.39, 0.29) is 23.7 Å². The van der Waals surface area contributed by atoms with Crippen LogP contribution in [0, 0.1) is 6.92 Å². The number of amides is 2. The van der Waals surface area contributed by atoms with Crippen LogP contribution >= 0.6 is 11.8 Å². The molecule has 1 atom stereocenters. The van der Waals surface area contributed by atoms with Crippen molar-refractivity contribution < 1.29 is 19.1 Å². The number of benzene rings is 2. The van der Waals surface area contributed by atoms with Crippen LogP contribution in [0.3, 0.4) is 0 Å². The van der Waals surface area contributed by atoms with Crippen molar-refractivity contribution in [2.75, 3.05) is 23.5 Å². The minimum atomic E-state index is -0.329. The van der Waals surface area contributed by atoms with Gasteiger partial charge in [-0.3, -0.25) is 9.59 Å². The highest BCUT2D eigenvalue weighted by Crippen LogP contribution is 2.25. The molecule has 3 aromatic rings. The van der Waals surface area contributed by atoms with Crippen molar-refractivity contribution in [1.29, 1.82) is 0 Å². The molecule has 3 rings (SSSR count). The van der Waals surface area contributed by atoms with Gasteiger partial charge in [-0.05, 0) is 61.9 Å². The summed E-state index contributed by atoms with van der Waals surface area (Å²) in [5, 5.41) is 14.6. The van der Waals surface area contributed by atoms with Gasteiger partial charge in [-0.2, -0.15) is 0 Å². The third-order valence-electron chi connectivity index (χ3n) is 4.76. The maximum absolute atomic E-state index is 12.4. The van der Waals surface area contributed by atoms with Crippen molar-refractivity contribution >= 4 is 35.0 Å². The van der Waals surface area contributed by atoms with Crippen LogP contribution in [0.25, 0.3) is 0 Å². The van der Waals surface area contributed by atoms with E-state index in [2.05, 4.69) is 20.8 Å². The summed E-state index contributed by atoms with van der Waals surface area (Å²) in [5.41, 5.74) is 2.24. The van der Waals surface area contributed by atoms with E-state index in [1.165, 1.54) is 18.7 Å². The first-order valence-electron chi connectivity index (χ1n) is 10.3. The molecule has 174 valence electrons. The Kier molecular flexibility index (Phi) is 7.94. The van der Waals surface area contributed by atoms with Crippen molar-refractivity contribution in [3.05, 3.63) is 53.9 Å². The molecular formula is C23H27N5O4S. The van der Waals surface area contributed by atoms with Gasteiger partial charge < -0.3 is 24.7 Å². The van der Waals surface area contributed by atoms with Crippen molar-refractivity contribution in [2.45, 2.75) is 32.0 Å². The molecule has 10 heteroatoms. The van der Waals surface area contributed by atoms with E-state index in [0.717, 1.165) is 11.3 Å². The molecular weight excluding hydrogens is 442 g/mol. The fraction of sp³-hybridized carbons (Fsp3) is 0.304. The summed E-state index contributed by atoms with van der Waals surface area (Å²) in [5.74, 6) is 1.96. The Balaban J connectivity index is 1.55. The Hall–Kier alpha value is -3.53. The number of carbonyl (C=O) groups excluding carboxylic acids is 2.